The Morgan fingerprint density at radius 2 is 1.81 bits per heavy atom. The Balaban J connectivity index is 1.83. The molecule has 2 aliphatic rings. The van der Waals surface area contributed by atoms with Gasteiger partial charge >= 0.3 is 0 Å². The molecular weight excluding hydrogens is 344 g/mol. The Bertz CT molecular complexity index is 974. The average molecular weight is 360 g/mol. The van der Waals surface area contributed by atoms with Gasteiger partial charge in [-0.15, -0.1) is 0 Å². The van der Waals surface area contributed by atoms with Gasteiger partial charge in [-0.1, -0.05) is 24.3 Å². The van der Waals surface area contributed by atoms with E-state index in [-0.39, 0.29) is 29.1 Å². The lowest BCUT2D eigenvalue weighted by atomic mass is 9.64. The van der Waals surface area contributed by atoms with E-state index in [2.05, 4.69) is 0 Å². The molecule has 0 N–H and O–H groups in total. The van der Waals surface area contributed by atoms with E-state index in [1.807, 2.05) is 0 Å². The topological polar surface area (TPSA) is 9.23 Å². The SMILES string of the molecule is CCOc1ccc2c(c1F)C1C(F)=C(F)C(c3ccc(C)cc3F)=CC21. The first kappa shape index (κ1) is 16.9. The largest absolute Gasteiger partial charge is 0.491 e. The maximum Gasteiger partial charge on any atom is 0.169 e. The summed E-state index contributed by atoms with van der Waals surface area (Å²) in [5, 5.41) is 0. The molecule has 2 unspecified atom stereocenters. The van der Waals surface area contributed by atoms with Gasteiger partial charge in [-0.25, -0.2) is 17.6 Å². The number of ether oxygens (including phenoxy) is 1. The lowest BCUT2D eigenvalue weighted by molar-refractivity contribution is 0.314. The van der Waals surface area contributed by atoms with Gasteiger partial charge in [0.25, 0.3) is 0 Å². The summed E-state index contributed by atoms with van der Waals surface area (Å²) < 4.78 is 63.4. The predicted octanol–water partition coefficient (Wildman–Crippen LogP) is 6.10. The summed E-state index contributed by atoms with van der Waals surface area (Å²) in [6.45, 7) is 3.70. The van der Waals surface area contributed by atoms with Gasteiger partial charge in [-0.2, -0.15) is 0 Å². The van der Waals surface area contributed by atoms with Crippen LogP contribution >= 0.6 is 0 Å². The number of fused-ring (bicyclic) bond motifs is 4. The summed E-state index contributed by atoms with van der Waals surface area (Å²) in [4.78, 5) is 0. The van der Waals surface area contributed by atoms with E-state index in [4.69, 9.17) is 4.74 Å². The van der Waals surface area contributed by atoms with E-state index in [1.54, 1.807) is 26.0 Å². The fourth-order valence-electron chi connectivity index (χ4n) is 3.76. The summed E-state index contributed by atoms with van der Waals surface area (Å²) >= 11 is 0. The van der Waals surface area contributed by atoms with Crippen molar-refractivity contribution in [2.75, 3.05) is 6.61 Å². The molecule has 0 spiro atoms. The van der Waals surface area contributed by atoms with E-state index in [0.29, 0.717) is 11.1 Å². The highest BCUT2D eigenvalue weighted by atomic mass is 19.2. The minimum absolute atomic E-state index is 0.00144. The number of halogens is 4. The van der Waals surface area contributed by atoms with Gasteiger partial charge in [0, 0.05) is 22.6 Å². The molecule has 5 heteroatoms. The first-order chi connectivity index (χ1) is 12.4. The zero-order valence-electron chi connectivity index (χ0n) is 14.2. The van der Waals surface area contributed by atoms with Crippen molar-refractivity contribution < 1.29 is 22.3 Å². The Kier molecular flexibility index (Phi) is 3.90. The summed E-state index contributed by atoms with van der Waals surface area (Å²) in [6.07, 6.45) is 1.49. The summed E-state index contributed by atoms with van der Waals surface area (Å²) in [5.74, 6) is -5.00. The second-order valence-corrected chi connectivity index (χ2v) is 6.54. The van der Waals surface area contributed by atoms with Crippen LogP contribution in [0, 0.1) is 18.6 Å². The Morgan fingerprint density at radius 3 is 2.50 bits per heavy atom. The number of benzene rings is 2. The molecule has 0 bridgehead atoms. The molecule has 4 rings (SSSR count). The van der Waals surface area contributed by atoms with E-state index in [0.717, 1.165) is 0 Å². The summed E-state index contributed by atoms with van der Waals surface area (Å²) in [7, 11) is 0. The van der Waals surface area contributed by atoms with Crippen LogP contribution in [0.1, 0.15) is 41.0 Å². The van der Waals surface area contributed by atoms with Crippen molar-refractivity contribution in [3.8, 4) is 5.75 Å². The summed E-state index contributed by atoms with van der Waals surface area (Å²) in [5.41, 5.74) is 1.25. The van der Waals surface area contributed by atoms with Crippen LogP contribution < -0.4 is 4.74 Å². The van der Waals surface area contributed by atoms with Gasteiger partial charge in [-0.05, 0) is 37.1 Å². The zero-order chi connectivity index (χ0) is 18.6. The van der Waals surface area contributed by atoms with Crippen molar-refractivity contribution in [3.05, 3.63) is 81.9 Å². The molecule has 0 saturated carbocycles. The van der Waals surface area contributed by atoms with E-state index >= 15 is 0 Å². The van der Waals surface area contributed by atoms with Crippen molar-refractivity contribution in [3.63, 3.8) is 0 Å². The maximum atomic E-state index is 14.7. The Labute approximate surface area is 148 Å². The molecule has 26 heavy (non-hydrogen) atoms. The fourth-order valence-corrected chi connectivity index (χ4v) is 3.76. The quantitative estimate of drug-likeness (QED) is 0.601. The van der Waals surface area contributed by atoms with E-state index < -0.39 is 35.1 Å². The molecule has 0 radical (unpaired) electrons. The molecule has 134 valence electrons. The van der Waals surface area contributed by atoms with E-state index in [1.165, 1.54) is 24.3 Å². The minimum atomic E-state index is -1.14. The molecule has 0 aromatic heterocycles. The molecule has 2 aromatic rings. The number of aryl methyl sites for hydroxylation is 1. The fraction of sp³-hybridized carbons (Fsp3) is 0.238. The average Bonchev–Trinajstić information content (AvgIpc) is 2.58. The predicted molar refractivity (Wildman–Crippen MR) is 91.4 cm³/mol. The van der Waals surface area contributed by atoms with Crippen LogP contribution in [0.25, 0.3) is 5.57 Å². The first-order valence-electron chi connectivity index (χ1n) is 8.43. The van der Waals surface area contributed by atoms with E-state index in [9.17, 15) is 17.6 Å². The third-order valence-corrected chi connectivity index (χ3v) is 4.99. The Morgan fingerprint density at radius 1 is 1.04 bits per heavy atom. The molecule has 0 saturated heterocycles. The van der Waals surface area contributed by atoms with Crippen molar-refractivity contribution in [2.45, 2.75) is 25.7 Å². The van der Waals surface area contributed by atoms with Crippen molar-refractivity contribution >= 4 is 5.57 Å². The number of hydrogen-bond donors (Lipinski definition) is 0. The van der Waals surface area contributed by atoms with Crippen molar-refractivity contribution in [1.82, 2.24) is 0 Å². The number of allylic oxidation sites excluding steroid dienone is 4. The number of hydrogen-bond acceptors (Lipinski definition) is 1. The minimum Gasteiger partial charge on any atom is -0.491 e. The van der Waals surface area contributed by atoms with Crippen LogP contribution in [0.2, 0.25) is 0 Å². The second-order valence-electron chi connectivity index (χ2n) is 6.54. The lowest BCUT2D eigenvalue weighted by Gasteiger charge is -2.40. The highest BCUT2D eigenvalue weighted by Crippen LogP contribution is 2.59. The smallest absolute Gasteiger partial charge is 0.169 e. The standard InChI is InChI=1S/C21H16F4O/c1-3-26-16-7-6-12-13-9-14(11-5-4-10(2)8-15(11)22)19(23)21(25)18(13)17(12)20(16)24/h4-9,13,18H,3H2,1-2H3. The zero-order valence-corrected chi connectivity index (χ0v) is 14.2. The third-order valence-electron chi connectivity index (χ3n) is 4.99. The van der Waals surface area contributed by atoms with Gasteiger partial charge in [0.2, 0.25) is 0 Å². The first-order valence-corrected chi connectivity index (χ1v) is 8.43. The highest BCUT2D eigenvalue weighted by Gasteiger charge is 2.47. The van der Waals surface area contributed by atoms with Gasteiger partial charge < -0.3 is 4.74 Å². The van der Waals surface area contributed by atoms with Crippen LogP contribution in [0.15, 0.2) is 48.1 Å². The monoisotopic (exact) mass is 360 g/mol. The van der Waals surface area contributed by atoms with Crippen molar-refractivity contribution in [2.24, 2.45) is 0 Å². The summed E-state index contributed by atoms with van der Waals surface area (Å²) in [6, 6.07) is 7.48. The maximum absolute atomic E-state index is 14.7. The molecular formula is C21H16F4O. The molecule has 1 nitrogen and oxygen atoms in total. The molecule has 0 aliphatic heterocycles. The molecule has 0 fully saturated rings. The molecule has 0 amide bonds. The molecule has 0 heterocycles. The highest BCUT2D eigenvalue weighted by molar-refractivity contribution is 5.82. The van der Waals surface area contributed by atoms with Crippen LogP contribution in [0.4, 0.5) is 17.6 Å². The second kappa shape index (κ2) is 6.01. The lowest BCUT2D eigenvalue weighted by Crippen LogP contribution is -2.28. The van der Waals surface area contributed by atoms with Crippen LogP contribution in [0.5, 0.6) is 5.75 Å². The third kappa shape index (κ3) is 2.30. The van der Waals surface area contributed by atoms with Crippen molar-refractivity contribution in [1.29, 1.82) is 0 Å². The number of rotatable bonds is 3. The van der Waals surface area contributed by atoms with Gasteiger partial charge in [0.05, 0.1) is 12.5 Å². The Hall–Kier alpha value is -2.56. The normalized spacial score (nSPS) is 20.9. The van der Waals surface area contributed by atoms with Crippen LogP contribution in [0.3, 0.4) is 0 Å². The van der Waals surface area contributed by atoms with Crippen LogP contribution in [-0.4, -0.2) is 6.61 Å². The molecule has 2 aliphatic carbocycles. The molecule has 2 aromatic carbocycles. The van der Waals surface area contributed by atoms with Gasteiger partial charge in [0.15, 0.2) is 17.4 Å². The van der Waals surface area contributed by atoms with Gasteiger partial charge in [0.1, 0.15) is 11.6 Å². The van der Waals surface area contributed by atoms with Crippen LogP contribution in [-0.2, 0) is 0 Å². The van der Waals surface area contributed by atoms with Gasteiger partial charge in [-0.3, -0.25) is 0 Å². The molecule has 2 atom stereocenters.